The van der Waals surface area contributed by atoms with Gasteiger partial charge in [-0.1, -0.05) is 11.2 Å². The van der Waals surface area contributed by atoms with Crippen LogP contribution in [0.2, 0.25) is 0 Å². The Kier molecular flexibility index (Phi) is 5.28. The van der Waals surface area contributed by atoms with Gasteiger partial charge in [-0.2, -0.15) is 0 Å². The Morgan fingerprint density at radius 2 is 2.10 bits per heavy atom. The van der Waals surface area contributed by atoms with Crippen molar-refractivity contribution in [3.63, 3.8) is 0 Å². The highest BCUT2D eigenvalue weighted by molar-refractivity contribution is 7.18. The third-order valence-corrected chi connectivity index (χ3v) is 7.44. The number of thiophene rings is 2. The van der Waals surface area contributed by atoms with Crippen LogP contribution < -0.4 is 5.56 Å². The van der Waals surface area contributed by atoms with Gasteiger partial charge in [0.2, 0.25) is 0 Å². The largest absolute Gasteiger partial charge is 0.361 e. The molecule has 1 aliphatic rings. The van der Waals surface area contributed by atoms with E-state index >= 15 is 0 Å². The maximum absolute atomic E-state index is 12.9. The minimum Gasteiger partial charge on any atom is -0.361 e. The average molecular weight is 442 g/mol. The van der Waals surface area contributed by atoms with E-state index in [1.165, 1.54) is 0 Å². The van der Waals surface area contributed by atoms with E-state index in [-0.39, 0.29) is 11.6 Å². The molecular formula is C21H23N5O2S2. The first-order valence-corrected chi connectivity index (χ1v) is 11.8. The van der Waals surface area contributed by atoms with Crippen LogP contribution >= 0.6 is 22.7 Å². The molecule has 0 spiro atoms. The number of hydrogen-bond acceptors (Lipinski definition) is 8. The lowest BCUT2D eigenvalue weighted by Crippen LogP contribution is -2.47. The van der Waals surface area contributed by atoms with Gasteiger partial charge in [0.25, 0.3) is 5.56 Å². The van der Waals surface area contributed by atoms with E-state index in [9.17, 15) is 4.79 Å². The van der Waals surface area contributed by atoms with Crippen LogP contribution in [0.3, 0.4) is 0 Å². The maximum atomic E-state index is 12.9. The molecule has 7 nitrogen and oxygen atoms in total. The molecule has 0 aromatic carbocycles. The number of nitrogens with zero attached hydrogens (tertiary/aromatic N) is 4. The summed E-state index contributed by atoms with van der Waals surface area (Å²) in [6.45, 7) is 8.58. The monoisotopic (exact) mass is 441 g/mol. The standard InChI is InChI=1S/C21H23N5O2S2/c1-13-10-15(24-28-13)11-25-5-7-26(8-6-25)14(2)19-22-20(27)18-16(12-30-21(18)23-19)17-4-3-9-29-17/h3-4,9-10,12,14H,5-8,11H2,1-2H3,(H,22,23,27)/t14-/m0/s1. The second-order valence-electron chi connectivity index (χ2n) is 7.67. The van der Waals surface area contributed by atoms with Crippen molar-refractivity contribution in [2.45, 2.75) is 26.4 Å². The molecule has 4 aromatic heterocycles. The third kappa shape index (κ3) is 3.74. The molecule has 30 heavy (non-hydrogen) atoms. The van der Waals surface area contributed by atoms with Crippen LogP contribution in [0.1, 0.15) is 30.2 Å². The van der Waals surface area contributed by atoms with Gasteiger partial charge >= 0.3 is 0 Å². The Labute approximate surface area is 182 Å². The molecule has 5 heterocycles. The lowest BCUT2D eigenvalue weighted by atomic mass is 10.2. The molecule has 0 amide bonds. The van der Waals surface area contributed by atoms with Crippen LogP contribution in [0.4, 0.5) is 0 Å². The summed E-state index contributed by atoms with van der Waals surface area (Å²) in [4.78, 5) is 27.4. The summed E-state index contributed by atoms with van der Waals surface area (Å²) < 4.78 is 5.17. The predicted octanol–water partition coefficient (Wildman–Crippen LogP) is 3.89. The summed E-state index contributed by atoms with van der Waals surface area (Å²) in [5.41, 5.74) is 1.91. The van der Waals surface area contributed by atoms with E-state index in [4.69, 9.17) is 9.51 Å². The number of aromatic nitrogens is 3. The fourth-order valence-electron chi connectivity index (χ4n) is 3.98. The number of rotatable bonds is 5. The highest BCUT2D eigenvalue weighted by Crippen LogP contribution is 2.34. The molecule has 5 rings (SSSR count). The highest BCUT2D eigenvalue weighted by Gasteiger charge is 2.25. The molecule has 1 N–H and O–H groups in total. The van der Waals surface area contributed by atoms with Crippen molar-refractivity contribution in [2.24, 2.45) is 0 Å². The number of fused-ring (bicyclic) bond motifs is 1. The zero-order valence-corrected chi connectivity index (χ0v) is 18.6. The van der Waals surface area contributed by atoms with Crippen molar-refractivity contribution in [3.8, 4) is 10.4 Å². The minimum absolute atomic E-state index is 0.0495. The number of aromatic amines is 1. The van der Waals surface area contributed by atoms with Gasteiger partial charge < -0.3 is 9.51 Å². The molecule has 9 heteroatoms. The number of nitrogens with one attached hydrogen (secondary N) is 1. The highest BCUT2D eigenvalue weighted by atomic mass is 32.1. The number of piperazine rings is 1. The Hall–Kier alpha value is -2.33. The van der Waals surface area contributed by atoms with E-state index < -0.39 is 0 Å². The quantitative estimate of drug-likeness (QED) is 0.506. The molecule has 1 fully saturated rings. The number of hydrogen-bond donors (Lipinski definition) is 1. The summed E-state index contributed by atoms with van der Waals surface area (Å²) in [6.07, 6.45) is 0. The van der Waals surface area contributed by atoms with Gasteiger partial charge in [0, 0.05) is 54.6 Å². The average Bonchev–Trinajstić information content (AvgIpc) is 3.49. The topological polar surface area (TPSA) is 78.3 Å². The van der Waals surface area contributed by atoms with Gasteiger partial charge in [0.1, 0.15) is 16.4 Å². The van der Waals surface area contributed by atoms with Gasteiger partial charge in [-0.15, -0.1) is 22.7 Å². The molecule has 4 aromatic rings. The molecular weight excluding hydrogens is 418 g/mol. The predicted molar refractivity (Wildman–Crippen MR) is 120 cm³/mol. The van der Waals surface area contributed by atoms with Crippen LogP contribution in [0.25, 0.3) is 20.7 Å². The number of H-pyrrole nitrogens is 1. The van der Waals surface area contributed by atoms with Gasteiger partial charge in [-0.3, -0.25) is 14.6 Å². The van der Waals surface area contributed by atoms with Crippen LogP contribution in [-0.4, -0.2) is 51.1 Å². The lowest BCUT2D eigenvalue weighted by Gasteiger charge is -2.37. The Morgan fingerprint density at radius 1 is 1.27 bits per heavy atom. The lowest BCUT2D eigenvalue weighted by molar-refractivity contribution is 0.0933. The van der Waals surface area contributed by atoms with Crippen molar-refractivity contribution in [3.05, 3.63) is 56.6 Å². The second kappa shape index (κ2) is 8.07. The van der Waals surface area contributed by atoms with E-state index in [1.54, 1.807) is 22.7 Å². The molecule has 156 valence electrons. The molecule has 1 saturated heterocycles. The molecule has 0 saturated carbocycles. The molecule has 1 atom stereocenters. The van der Waals surface area contributed by atoms with E-state index in [0.717, 1.165) is 65.3 Å². The zero-order chi connectivity index (χ0) is 20.7. The van der Waals surface area contributed by atoms with Crippen LogP contribution in [0.15, 0.2) is 38.3 Å². The molecule has 0 aliphatic carbocycles. The van der Waals surface area contributed by atoms with Gasteiger partial charge in [0.05, 0.1) is 17.1 Å². The normalized spacial score (nSPS) is 17.0. The smallest absolute Gasteiger partial charge is 0.260 e. The second-order valence-corrected chi connectivity index (χ2v) is 9.48. The summed E-state index contributed by atoms with van der Waals surface area (Å²) in [6, 6.07) is 6.10. The van der Waals surface area contributed by atoms with Crippen molar-refractivity contribution < 1.29 is 4.52 Å². The summed E-state index contributed by atoms with van der Waals surface area (Å²) in [5, 5.41) is 8.86. The molecule has 0 bridgehead atoms. The summed E-state index contributed by atoms with van der Waals surface area (Å²) >= 11 is 3.18. The minimum atomic E-state index is -0.0495. The van der Waals surface area contributed by atoms with E-state index in [1.807, 2.05) is 35.9 Å². The molecule has 0 radical (unpaired) electrons. The maximum Gasteiger partial charge on any atom is 0.260 e. The van der Waals surface area contributed by atoms with Crippen LogP contribution in [0.5, 0.6) is 0 Å². The fourth-order valence-corrected chi connectivity index (χ4v) is 5.75. The van der Waals surface area contributed by atoms with Crippen molar-refractivity contribution in [1.29, 1.82) is 0 Å². The van der Waals surface area contributed by atoms with Crippen molar-refractivity contribution in [2.75, 3.05) is 26.2 Å². The van der Waals surface area contributed by atoms with Crippen molar-refractivity contribution in [1.82, 2.24) is 24.9 Å². The Bertz CT molecular complexity index is 1200. The first kappa shape index (κ1) is 19.6. The first-order valence-electron chi connectivity index (χ1n) is 10.0. The summed E-state index contributed by atoms with van der Waals surface area (Å²) in [7, 11) is 0. The fraction of sp³-hybridized carbons (Fsp3) is 0.381. The van der Waals surface area contributed by atoms with Gasteiger partial charge in [0.15, 0.2) is 0 Å². The van der Waals surface area contributed by atoms with Gasteiger partial charge in [-0.05, 0) is 25.3 Å². The third-order valence-electron chi connectivity index (χ3n) is 5.66. The molecule has 0 unspecified atom stereocenters. The van der Waals surface area contributed by atoms with Crippen LogP contribution in [-0.2, 0) is 6.54 Å². The first-order chi connectivity index (χ1) is 14.6. The number of aryl methyl sites for hydroxylation is 1. The Morgan fingerprint density at radius 3 is 2.80 bits per heavy atom. The summed E-state index contributed by atoms with van der Waals surface area (Å²) in [5.74, 6) is 1.59. The SMILES string of the molecule is Cc1cc(CN2CCN([C@@H](C)c3nc4scc(-c5cccs5)c4c(=O)[nH]3)CC2)no1. The molecule has 1 aliphatic heterocycles. The van der Waals surface area contributed by atoms with Gasteiger partial charge in [-0.25, -0.2) is 4.98 Å². The Balaban J connectivity index is 1.30. The zero-order valence-electron chi connectivity index (χ0n) is 16.9. The van der Waals surface area contributed by atoms with E-state index in [2.05, 4.69) is 26.9 Å². The van der Waals surface area contributed by atoms with Crippen LogP contribution in [0, 0.1) is 6.92 Å². The van der Waals surface area contributed by atoms with E-state index in [0.29, 0.717) is 5.39 Å². The van der Waals surface area contributed by atoms with Crippen molar-refractivity contribution >= 4 is 32.9 Å².